The quantitative estimate of drug-likeness (QED) is 0.605. The maximum atomic E-state index is 13.3. The minimum atomic E-state index is -0.175. The third-order valence-electron chi connectivity index (χ3n) is 2.19. The lowest BCUT2D eigenvalue weighted by Gasteiger charge is -1.99. The van der Waals surface area contributed by atoms with E-state index in [9.17, 15) is 4.39 Å². The Morgan fingerprint density at radius 2 is 2.21 bits per heavy atom. The minimum absolute atomic E-state index is 0.175. The molecule has 2 rings (SSSR count). The van der Waals surface area contributed by atoms with Gasteiger partial charge in [-0.25, -0.2) is 4.39 Å². The molecule has 0 saturated carbocycles. The molecule has 0 amide bonds. The van der Waals surface area contributed by atoms with E-state index in [2.05, 4.69) is 11.8 Å². The van der Waals surface area contributed by atoms with Crippen molar-refractivity contribution in [3.63, 3.8) is 0 Å². The van der Waals surface area contributed by atoms with Crippen LogP contribution in [0.5, 0.6) is 0 Å². The summed E-state index contributed by atoms with van der Waals surface area (Å²) in [6.45, 7) is 2.41. The number of hydrogen-bond acceptors (Lipinski definition) is 0. The van der Waals surface area contributed by atoms with Gasteiger partial charge in [-0.3, -0.25) is 0 Å². The highest BCUT2D eigenvalue weighted by Crippen LogP contribution is 2.18. The van der Waals surface area contributed by atoms with Crippen LogP contribution in [0.4, 0.5) is 4.39 Å². The fourth-order valence-corrected chi connectivity index (χ4v) is 1.49. The fourth-order valence-electron chi connectivity index (χ4n) is 1.49. The molecule has 0 bridgehead atoms. The predicted octanol–water partition coefficient (Wildman–Crippen LogP) is 2.80. The summed E-state index contributed by atoms with van der Waals surface area (Å²) in [4.78, 5) is 0. The standard InChI is InChI=1S/C12H10FN/c1-2-3-8-14-9-7-10-11(13)5-4-6-12(10)14/h4-7,9H,8H2,1H3. The summed E-state index contributed by atoms with van der Waals surface area (Å²) in [5, 5.41) is 0.658. The highest BCUT2D eigenvalue weighted by molar-refractivity contribution is 5.80. The molecule has 0 saturated heterocycles. The number of rotatable bonds is 1. The van der Waals surface area contributed by atoms with Crippen LogP contribution in [0, 0.1) is 17.7 Å². The van der Waals surface area contributed by atoms with Crippen molar-refractivity contribution in [2.75, 3.05) is 0 Å². The highest BCUT2D eigenvalue weighted by Gasteiger charge is 2.03. The first-order chi connectivity index (χ1) is 6.83. The molecule has 0 atom stereocenters. The van der Waals surface area contributed by atoms with Crippen LogP contribution in [0.1, 0.15) is 6.92 Å². The average Bonchev–Trinajstić information content (AvgIpc) is 2.60. The van der Waals surface area contributed by atoms with E-state index < -0.39 is 0 Å². The Balaban J connectivity index is 2.56. The third kappa shape index (κ3) is 1.38. The Morgan fingerprint density at radius 1 is 1.36 bits per heavy atom. The zero-order valence-electron chi connectivity index (χ0n) is 7.92. The zero-order chi connectivity index (χ0) is 9.97. The van der Waals surface area contributed by atoms with Crippen molar-refractivity contribution >= 4 is 10.9 Å². The second kappa shape index (κ2) is 3.55. The van der Waals surface area contributed by atoms with Crippen LogP contribution in [-0.4, -0.2) is 4.57 Å². The van der Waals surface area contributed by atoms with Crippen LogP contribution in [0.3, 0.4) is 0 Å². The molecule has 70 valence electrons. The zero-order valence-corrected chi connectivity index (χ0v) is 7.92. The van der Waals surface area contributed by atoms with Gasteiger partial charge in [0.05, 0.1) is 12.1 Å². The van der Waals surface area contributed by atoms with E-state index in [-0.39, 0.29) is 5.82 Å². The first kappa shape index (κ1) is 8.83. The molecule has 2 heteroatoms. The Hall–Kier alpha value is -1.75. The van der Waals surface area contributed by atoms with Crippen molar-refractivity contribution in [3.8, 4) is 11.8 Å². The SMILES string of the molecule is CC#CCn1ccc2c(F)cccc21. The molecular formula is C12H10FN. The van der Waals surface area contributed by atoms with E-state index >= 15 is 0 Å². The number of halogens is 1. The van der Waals surface area contributed by atoms with Crippen LogP contribution in [0.25, 0.3) is 10.9 Å². The Labute approximate surface area is 82.2 Å². The van der Waals surface area contributed by atoms with E-state index in [0.717, 1.165) is 5.52 Å². The van der Waals surface area contributed by atoms with Gasteiger partial charge in [0.2, 0.25) is 0 Å². The second-order valence-electron chi connectivity index (χ2n) is 3.04. The molecule has 0 spiro atoms. The summed E-state index contributed by atoms with van der Waals surface area (Å²) in [5.74, 6) is 5.60. The van der Waals surface area contributed by atoms with E-state index in [1.807, 2.05) is 16.8 Å². The highest BCUT2D eigenvalue weighted by atomic mass is 19.1. The van der Waals surface area contributed by atoms with Crippen LogP contribution in [0.15, 0.2) is 30.5 Å². The van der Waals surface area contributed by atoms with E-state index in [1.165, 1.54) is 6.07 Å². The Bertz CT molecular complexity index is 514. The number of aromatic nitrogens is 1. The third-order valence-corrected chi connectivity index (χ3v) is 2.19. The first-order valence-electron chi connectivity index (χ1n) is 4.46. The number of benzene rings is 1. The van der Waals surface area contributed by atoms with Crippen LogP contribution >= 0.6 is 0 Å². The predicted molar refractivity (Wildman–Crippen MR) is 55.3 cm³/mol. The molecule has 1 aromatic carbocycles. The fraction of sp³-hybridized carbons (Fsp3) is 0.167. The van der Waals surface area contributed by atoms with Crippen LogP contribution in [0.2, 0.25) is 0 Å². The van der Waals surface area contributed by atoms with Gasteiger partial charge in [0, 0.05) is 11.6 Å². The summed E-state index contributed by atoms with van der Waals surface area (Å²) in [5.41, 5.74) is 0.896. The van der Waals surface area contributed by atoms with E-state index in [4.69, 9.17) is 0 Å². The summed E-state index contributed by atoms with van der Waals surface area (Å²) in [6, 6.07) is 6.86. The topological polar surface area (TPSA) is 4.93 Å². The minimum Gasteiger partial charge on any atom is -0.336 e. The first-order valence-corrected chi connectivity index (χ1v) is 4.46. The van der Waals surface area contributed by atoms with Crippen LogP contribution in [-0.2, 0) is 6.54 Å². The maximum absolute atomic E-state index is 13.3. The molecule has 0 aliphatic heterocycles. The lowest BCUT2D eigenvalue weighted by Crippen LogP contribution is -1.92. The van der Waals surface area contributed by atoms with Gasteiger partial charge in [-0.05, 0) is 25.1 Å². The monoisotopic (exact) mass is 187 g/mol. The van der Waals surface area contributed by atoms with Gasteiger partial charge in [0.15, 0.2) is 0 Å². The number of nitrogens with zero attached hydrogens (tertiary/aromatic N) is 1. The smallest absolute Gasteiger partial charge is 0.132 e. The summed E-state index contributed by atoms with van der Waals surface area (Å²) >= 11 is 0. The Kier molecular flexibility index (Phi) is 2.24. The van der Waals surface area contributed by atoms with Crippen molar-refractivity contribution in [2.45, 2.75) is 13.5 Å². The Morgan fingerprint density at radius 3 is 3.00 bits per heavy atom. The summed E-state index contributed by atoms with van der Waals surface area (Å²) in [7, 11) is 0. The molecule has 1 heterocycles. The number of hydrogen-bond donors (Lipinski definition) is 0. The van der Waals surface area contributed by atoms with Crippen LogP contribution < -0.4 is 0 Å². The molecule has 0 aliphatic rings. The summed E-state index contributed by atoms with van der Waals surface area (Å²) in [6.07, 6.45) is 1.86. The van der Waals surface area contributed by atoms with Gasteiger partial charge in [-0.1, -0.05) is 12.0 Å². The second-order valence-corrected chi connectivity index (χ2v) is 3.04. The molecule has 1 nitrogen and oxygen atoms in total. The van der Waals surface area contributed by atoms with Gasteiger partial charge in [-0.2, -0.15) is 0 Å². The van der Waals surface area contributed by atoms with Gasteiger partial charge >= 0.3 is 0 Å². The molecule has 2 aromatic rings. The van der Waals surface area contributed by atoms with Gasteiger partial charge in [0.1, 0.15) is 5.82 Å². The van der Waals surface area contributed by atoms with Gasteiger partial charge < -0.3 is 4.57 Å². The molecule has 1 aromatic heterocycles. The van der Waals surface area contributed by atoms with Gasteiger partial charge in [-0.15, -0.1) is 5.92 Å². The van der Waals surface area contributed by atoms with Crippen molar-refractivity contribution in [1.82, 2.24) is 4.57 Å². The number of fused-ring (bicyclic) bond motifs is 1. The normalized spacial score (nSPS) is 9.86. The molecule has 14 heavy (non-hydrogen) atoms. The summed E-state index contributed by atoms with van der Waals surface area (Å²) < 4.78 is 15.2. The van der Waals surface area contributed by atoms with Crippen molar-refractivity contribution < 1.29 is 4.39 Å². The van der Waals surface area contributed by atoms with Crippen molar-refractivity contribution in [1.29, 1.82) is 0 Å². The van der Waals surface area contributed by atoms with Crippen molar-refractivity contribution in [2.24, 2.45) is 0 Å². The molecule has 0 radical (unpaired) electrons. The molecule has 0 fully saturated rings. The van der Waals surface area contributed by atoms with Gasteiger partial charge in [0.25, 0.3) is 0 Å². The maximum Gasteiger partial charge on any atom is 0.132 e. The molecule has 0 N–H and O–H groups in total. The average molecular weight is 187 g/mol. The van der Waals surface area contributed by atoms with E-state index in [0.29, 0.717) is 11.9 Å². The molecular weight excluding hydrogens is 177 g/mol. The lowest BCUT2D eigenvalue weighted by molar-refractivity contribution is 0.640. The van der Waals surface area contributed by atoms with E-state index in [1.54, 1.807) is 19.1 Å². The largest absolute Gasteiger partial charge is 0.336 e. The van der Waals surface area contributed by atoms with Crippen molar-refractivity contribution in [3.05, 3.63) is 36.3 Å². The molecule has 0 aliphatic carbocycles. The lowest BCUT2D eigenvalue weighted by atomic mass is 10.2. The molecule has 0 unspecified atom stereocenters.